The molecule has 0 amide bonds. The Balaban J connectivity index is 1.53. The van der Waals surface area contributed by atoms with E-state index in [9.17, 15) is 0 Å². The number of aryl methyl sites for hydroxylation is 2. The van der Waals surface area contributed by atoms with Gasteiger partial charge in [-0.15, -0.1) is 11.3 Å². The fourth-order valence-electron chi connectivity index (χ4n) is 3.17. The summed E-state index contributed by atoms with van der Waals surface area (Å²) in [6, 6.07) is 10.4. The lowest BCUT2D eigenvalue weighted by atomic mass is 10.2. The number of hydrogen-bond acceptors (Lipinski definition) is 6. The fraction of sp³-hybridized carbons (Fsp3) is 0.316. The van der Waals surface area contributed by atoms with Crippen molar-refractivity contribution in [2.75, 3.05) is 23.3 Å². The molecule has 6 heteroatoms. The van der Waals surface area contributed by atoms with Crippen molar-refractivity contribution in [1.82, 2.24) is 15.0 Å². The van der Waals surface area contributed by atoms with Crippen molar-refractivity contribution >= 4 is 28.7 Å². The van der Waals surface area contributed by atoms with E-state index in [1.165, 1.54) is 18.5 Å². The van der Waals surface area contributed by atoms with Crippen molar-refractivity contribution in [3.05, 3.63) is 47.2 Å². The molecule has 128 valence electrons. The largest absolute Gasteiger partial charge is 0.372 e. The number of hydrogen-bond donors (Lipinski definition) is 1. The topological polar surface area (TPSA) is 53.9 Å². The average Bonchev–Trinajstić information content (AvgIpc) is 3.25. The van der Waals surface area contributed by atoms with E-state index < -0.39 is 0 Å². The molecule has 0 atom stereocenters. The van der Waals surface area contributed by atoms with Gasteiger partial charge < -0.3 is 10.2 Å². The van der Waals surface area contributed by atoms with Gasteiger partial charge in [-0.1, -0.05) is 0 Å². The molecular formula is C19H21N5S. The first-order chi connectivity index (χ1) is 12.2. The minimum absolute atomic E-state index is 0.608. The van der Waals surface area contributed by atoms with Crippen LogP contribution in [0.25, 0.3) is 10.6 Å². The molecule has 25 heavy (non-hydrogen) atoms. The highest BCUT2D eigenvalue weighted by Crippen LogP contribution is 2.29. The molecular weight excluding hydrogens is 330 g/mol. The van der Waals surface area contributed by atoms with Crippen LogP contribution in [-0.4, -0.2) is 28.0 Å². The van der Waals surface area contributed by atoms with Crippen LogP contribution in [0.4, 0.5) is 17.3 Å². The smallest absolute Gasteiger partial charge is 0.227 e. The number of nitrogens with one attached hydrogen (secondary N) is 1. The van der Waals surface area contributed by atoms with Gasteiger partial charge in [-0.2, -0.15) is 0 Å². The van der Waals surface area contributed by atoms with Gasteiger partial charge in [0.2, 0.25) is 5.95 Å². The Labute approximate surface area is 151 Å². The SMILES string of the molecule is Cc1nc(C)c(-c2ccnc(Nc3ccc(N4CCCC4)cc3)n2)s1. The normalized spacial score (nSPS) is 14.1. The molecule has 0 radical (unpaired) electrons. The van der Waals surface area contributed by atoms with Crippen molar-refractivity contribution in [2.45, 2.75) is 26.7 Å². The molecule has 0 unspecified atom stereocenters. The minimum Gasteiger partial charge on any atom is -0.372 e. The van der Waals surface area contributed by atoms with Crippen LogP contribution in [0.15, 0.2) is 36.5 Å². The van der Waals surface area contributed by atoms with Crippen LogP contribution >= 0.6 is 11.3 Å². The Morgan fingerprint density at radius 2 is 1.76 bits per heavy atom. The molecule has 0 spiro atoms. The lowest BCUT2D eigenvalue weighted by molar-refractivity contribution is 0.949. The third-order valence-electron chi connectivity index (χ3n) is 4.39. The van der Waals surface area contributed by atoms with Crippen molar-refractivity contribution in [3.63, 3.8) is 0 Å². The zero-order valence-corrected chi connectivity index (χ0v) is 15.3. The molecule has 1 fully saturated rings. The predicted molar refractivity (Wildman–Crippen MR) is 104 cm³/mol. The molecule has 1 aromatic carbocycles. The van der Waals surface area contributed by atoms with Crippen LogP contribution in [0, 0.1) is 13.8 Å². The molecule has 4 rings (SSSR count). The van der Waals surface area contributed by atoms with E-state index in [0.717, 1.165) is 40.0 Å². The molecule has 3 aromatic rings. The van der Waals surface area contributed by atoms with Crippen LogP contribution in [0.2, 0.25) is 0 Å². The first kappa shape index (κ1) is 16.0. The second-order valence-electron chi connectivity index (χ2n) is 6.28. The number of aromatic nitrogens is 3. The maximum absolute atomic E-state index is 4.65. The molecule has 3 heterocycles. The second-order valence-corrected chi connectivity index (χ2v) is 7.48. The van der Waals surface area contributed by atoms with Gasteiger partial charge in [-0.25, -0.2) is 15.0 Å². The summed E-state index contributed by atoms with van der Waals surface area (Å²) in [5, 5.41) is 4.36. The number of thiazole rings is 1. The monoisotopic (exact) mass is 351 g/mol. The lowest BCUT2D eigenvalue weighted by Gasteiger charge is -2.17. The first-order valence-corrected chi connectivity index (χ1v) is 9.40. The highest BCUT2D eigenvalue weighted by Gasteiger charge is 2.12. The van der Waals surface area contributed by atoms with Crippen molar-refractivity contribution in [3.8, 4) is 10.6 Å². The summed E-state index contributed by atoms with van der Waals surface area (Å²) < 4.78 is 0. The van der Waals surface area contributed by atoms with Gasteiger partial charge >= 0.3 is 0 Å². The lowest BCUT2D eigenvalue weighted by Crippen LogP contribution is -2.17. The Hall–Kier alpha value is -2.47. The number of benzene rings is 1. The summed E-state index contributed by atoms with van der Waals surface area (Å²) in [7, 11) is 0. The molecule has 2 aromatic heterocycles. The third-order valence-corrected chi connectivity index (χ3v) is 5.48. The van der Waals surface area contributed by atoms with Gasteiger partial charge in [-0.05, 0) is 57.0 Å². The van der Waals surface area contributed by atoms with Gasteiger partial charge in [0.15, 0.2) is 0 Å². The van der Waals surface area contributed by atoms with Crippen LogP contribution in [-0.2, 0) is 0 Å². The minimum atomic E-state index is 0.608. The zero-order chi connectivity index (χ0) is 17.2. The maximum Gasteiger partial charge on any atom is 0.227 e. The molecule has 0 bridgehead atoms. The Morgan fingerprint density at radius 1 is 1.00 bits per heavy atom. The molecule has 0 saturated carbocycles. The van der Waals surface area contributed by atoms with Crippen molar-refractivity contribution in [2.24, 2.45) is 0 Å². The summed E-state index contributed by atoms with van der Waals surface area (Å²) in [6.07, 6.45) is 4.37. The third kappa shape index (κ3) is 3.49. The molecule has 1 aliphatic rings. The van der Waals surface area contributed by atoms with E-state index in [0.29, 0.717) is 5.95 Å². The van der Waals surface area contributed by atoms with Gasteiger partial charge in [0.25, 0.3) is 0 Å². The van der Waals surface area contributed by atoms with E-state index in [1.54, 1.807) is 17.5 Å². The summed E-state index contributed by atoms with van der Waals surface area (Å²) >= 11 is 1.66. The molecule has 5 nitrogen and oxygen atoms in total. The van der Waals surface area contributed by atoms with Gasteiger partial charge in [0.05, 0.1) is 21.3 Å². The second kappa shape index (κ2) is 6.80. The predicted octanol–water partition coefficient (Wildman–Crippen LogP) is 4.56. The zero-order valence-electron chi connectivity index (χ0n) is 14.5. The van der Waals surface area contributed by atoms with Crippen LogP contribution in [0.5, 0.6) is 0 Å². The van der Waals surface area contributed by atoms with Crippen LogP contribution in [0.1, 0.15) is 23.5 Å². The number of nitrogens with zero attached hydrogens (tertiary/aromatic N) is 4. The number of rotatable bonds is 4. The molecule has 1 saturated heterocycles. The van der Waals surface area contributed by atoms with E-state index in [-0.39, 0.29) is 0 Å². The first-order valence-electron chi connectivity index (χ1n) is 8.58. The standard InChI is InChI=1S/C19H21N5S/c1-13-18(25-14(2)21-13)17-9-10-20-19(23-17)22-15-5-7-16(8-6-15)24-11-3-4-12-24/h5-10H,3-4,11-12H2,1-2H3,(H,20,22,23). The van der Waals surface area contributed by atoms with Gasteiger partial charge in [0.1, 0.15) is 0 Å². The van der Waals surface area contributed by atoms with E-state index in [1.807, 2.05) is 19.9 Å². The van der Waals surface area contributed by atoms with Crippen molar-refractivity contribution in [1.29, 1.82) is 0 Å². The van der Waals surface area contributed by atoms with Crippen molar-refractivity contribution < 1.29 is 0 Å². The van der Waals surface area contributed by atoms with Crippen LogP contribution < -0.4 is 10.2 Å². The molecule has 0 aliphatic carbocycles. The molecule has 1 aliphatic heterocycles. The Kier molecular flexibility index (Phi) is 4.36. The van der Waals surface area contributed by atoms with E-state index in [2.05, 4.69) is 49.4 Å². The Morgan fingerprint density at radius 3 is 2.44 bits per heavy atom. The Bertz CT molecular complexity index is 866. The fourth-order valence-corrected chi connectivity index (χ4v) is 4.06. The average molecular weight is 351 g/mol. The number of anilines is 3. The summed E-state index contributed by atoms with van der Waals surface area (Å²) in [5.74, 6) is 0.608. The van der Waals surface area contributed by atoms with Gasteiger partial charge in [0, 0.05) is 30.7 Å². The summed E-state index contributed by atoms with van der Waals surface area (Å²) in [5.41, 5.74) is 4.21. The summed E-state index contributed by atoms with van der Waals surface area (Å²) in [4.78, 5) is 17.0. The summed E-state index contributed by atoms with van der Waals surface area (Å²) in [6.45, 7) is 6.35. The maximum atomic E-state index is 4.65. The quantitative estimate of drug-likeness (QED) is 0.747. The van der Waals surface area contributed by atoms with E-state index in [4.69, 9.17) is 0 Å². The highest BCUT2D eigenvalue weighted by molar-refractivity contribution is 7.15. The highest BCUT2D eigenvalue weighted by atomic mass is 32.1. The van der Waals surface area contributed by atoms with Crippen LogP contribution in [0.3, 0.4) is 0 Å². The molecule has 1 N–H and O–H groups in total. The van der Waals surface area contributed by atoms with E-state index >= 15 is 0 Å². The van der Waals surface area contributed by atoms with Gasteiger partial charge in [-0.3, -0.25) is 0 Å².